The second-order valence-corrected chi connectivity index (χ2v) is 11.7. The summed E-state index contributed by atoms with van der Waals surface area (Å²) in [7, 11) is -16.9. The second-order valence-electron chi connectivity index (χ2n) is 7.34. The van der Waals surface area contributed by atoms with Crippen LogP contribution in [0.4, 0.5) is 5.82 Å². The highest BCUT2D eigenvalue weighted by Crippen LogP contribution is 2.69. The van der Waals surface area contributed by atoms with Crippen LogP contribution in [0.1, 0.15) is 12.1 Å². The molecule has 4 rings (SSSR count). The van der Waals surface area contributed by atoms with Gasteiger partial charge in [0.2, 0.25) is 5.60 Å². The lowest BCUT2D eigenvalue weighted by Gasteiger charge is -2.24. The zero-order valence-corrected chi connectivity index (χ0v) is 19.1. The van der Waals surface area contributed by atoms with E-state index in [1.165, 1.54) is 12.1 Å². The van der Waals surface area contributed by atoms with Crippen LogP contribution in [0.3, 0.4) is 0 Å². The first kappa shape index (κ1) is 25.3. The highest BCUT2D eigenvalue weighted by molar-refractivity contribution is 7.66. The number of hydrogen-bond acceptors (Lipinski definition) is 13. The third-order valence-electron chi connectivity index (χ3n) is 5.16. The summed E-state index contributed by atoms with van der Waals surface area (Å²) in [5.41, 5.74) is 1.74. The van der Waals surface area contributed by atoms with Crippen LogP contribution in [-0.4, -0.2) is 68.3 Å². The summed E-state index contributed by atoms with van der Waals surface area (Å²) in [4.78, 5) is 39.9. The lowest BCUT2D eigenvalue weighted by Crippen LogP contribution is -2.41. The standard InChI is InChI=1S/C13H16N5O13P3/c14-4-13(7-2-1-6-11(15)16-5-17-18(6)7)10(20)9(19)12(29-13)3-8(12)28-33(24,25)31-34(26,27)30-32(21,22)23/h1-2,5,8-10,19-20H,3H2,(H,24,25)(H,26,27)(H2,15,16,17)(H2,21,22,23)/t8?,9-,10+,12?,13-/m0/s1. The highest BCUT2D eigenvalue weighted by Gasteiger charge is 2.76. The largest absolute Gasteiger partial charge is 0.490 e. The monoisotopic (exact) mass is 543 g/mol. The molecule has 18 nitrogen and oxygen atoms in total. The molecule has 2 fully saturated rings. The van der Waals surface area contributed by atoms with Gasteiger partial charge in [-0.05, 0) is 12.1 Å². The van der Waals surface area contributed by atoms with E-state index in [9.17, 15) is 39.0 Å². The molecular formula is C13H16N5O13P3. The fraction of sp³-hybridized carbons (Fsp3) is 0.462. The van der Waals surface area contributed by atoms with Gasteiger partial charge in [-0.15, -0.1) is 0 Å². The van der Waals surface area contributed by atoms with Gasteiger partial charge in [0.15, 0.2) is 5.82 Å². The van der Waals surface area contributed by atoms with Crippen LogP contribution in [0.15, 0.2) is 18.5 Å². The lowest BCUT2D eigenvalue weighted by atomic mass is 9.92. The van der Waals surface area contributed by atoms with Gasteiger partial charge in [-0.25, -0.2) is 23.2 Å². The molecule has 4 unspecified atom stereocenters. The summed E-state index contributed by atoms with van der Waals surface area (Å²) in [5, 5.41) is 35.2. The van der Waals surface area contributed by atoms with Crippen molar-refractivity contribution in [1.82, 2.24) is 14.6 Å². The number of aliphatic hydroxyl groups is 2. The number of rotatable bonds is 7. The average Bonchev–Trinajstić information content (AvgIpc) is 3.06. The predicted octanol–water partition coefficient (Wildman–Crippen LogP) is -1.36. The minimum absolute atomic E-state index is 0.0362. The number of aromatic nitrogens is 3. The summed E-state index contributed by atoms with van der Waals surface area (Å²) in [6, 6.07) is 4.51. The van der Waals surface area contributed by atoms with Gasteiger partial charge in [-0.2, -0.15) is 19.0 Å². The molecule has 2 aromatic heterocycles. The predicted molar refractivity (Wildman–Crippen MR) is 104 cm³/mol. The SMILES string of the molecule is N#C[C@@]1(c2ccc3c(N)ncnn23)OC2(CC2OP(=O)(O)OP(=O)(O)OP(=O)(O)O)[C@@H](O)[C@H]1O. The number of nitrogens with zero attached hydrogens (tertiary/aromatic N) is 4. The lowest BCUT2D eigenvalue weighted by molar-refractivity contribution is -0.0750. The van der Waals surface area contributed by atoms with Crippen LogP contribution in [0.2, 0.25) is 0 Å². The van der Waals surface area contributed by atoms with Crippen molar-refractivity contribution in [2.24, 2.45) is 0 Å². The molecule has 186 valence electrons. The number of aliphatic hydroxyl groups excluding tert-OH is 2. The number of ether oxygens (including phenoxy) is 1. The molecule has 21 heteroatoms. The van der Waals surface area contributed by atoms with Crippen molar-refractivity contribution in [3.8, 4) is 6.07 Å². The Balaban J connectivity index is 1.59. The number of hydrogen-bond donors (Lipinski definition) is 7. The van der Waals surface area contributed by atoms with Gasteiger partial charge in [0.25, 0.3) is 0 Å². The Morgan fingerprint density at radius 2 is 1.82 bits per heavy atom. The van der Waals surface area contributed by atoms with Gasteiger partial charge in [0, 0.05) is 6.42 Å². The molecular weight excluding hydrogens is 527 g/mol. The fourth-order valence-corrected chi connectivity index (χ4v) is 6.96. The first-order chi connectivity index (χ1) is 15.6. The molecule has 0 amide bonds. The van der Waals surface area contributed by atoms with E-state index in [-0.39, 0.29) is 17.0 Å². The average molecular weight is 543 g/mol. The molecule has 2 aromatic rings. The van der Waals surface area contributed by atoms with Crippen LogP contribution < -0.4 is 5.73 Å². The van der Waals surface area contributed by atoms with Gasteiger partial charge in [0.05, 0.1) is 5.69 Å². The third kappa shape index (κ3) is 4.21. The van der Waals surface area contributed by atoms with Crippen LogP contribution in [-0.2, 0) is 37.2 Å². The zero-order valence-electron chi connectivity index (χ0n) is 16.4. The Hall–Kier alpha value is -1.80. The Bertz CT molecular complexity index is 1340. The van der Waals surface area contributed by atoms with E-state index in [0.717, 1.165) is 10.8 Å². The number of phosphoric acid groups is 3. The van der Waals surface area contributed by atoms with Crippen molar-refractivity contribution in [3.05, 3.63) is 24.2 Å². The van der Waals surface area contributed by atoms with Crippen molar-refractivity contribution in [3.63, 3.8) is 0 Å². The minimum atomic E-state index is -5.77. The maximum Gasteiger partial charge on any atom is 0.490 e. The Morgan fingerprint density at radius 1 is 1.15 bits per heavy atom. The first-order valence-electron chi connectivity index (χ1n) is 8.94. The van der Waals surface area contributed by atoms with E-state index in [2.05, 4.69) is 23.2 Å². The summed E-state index contributed by atoms with van der Waals surface area (Å²) in [5.74, 6) is 0.0362. The summed E-state index contributed by atoms with van der Waals surface area (Å²) < 4.78 is 53.1. The molecule has 1 aliphatic heterocycles. The molecule has 7 atom stereocenters. The normalized spacial score (nSPS) is 34.6. The molecule has 1 saturated carbocycles. The fourth-order valence-electron chi connectivity index (χ4n) is 3.73. The van der Waals surface area contributed by atoms with Crippen LogP contribution in [0.25, 0.3) is 5.52 Å². The topological polar surface area (TPSA) is 290 Å². The van der Waals surface area contributed by atoms with Crippen molar-refractivity contribution in [1.29, 1.82) is 5.26 Å². The maximum absolute atomic E-state index is 12.1. The third-order valence-corrected chi connectivity index (χ3v) is 9.01. The molecule has 0 aromatic carbocycles. The van der Waals surface area contributed by atoms with Gasteiger partial charge in [-0.3, -0.25) is 4.52 Å². The Kier molecular flexibility index (Phi) is 5.84. The van der Waals surface area contributed by atoms with Crippen molar-refractivity contribution in [2.75, 3.05) is 5.73 Å². The van der Waals surface area contributed by atoms with Crippen LogP contribution in [0.5, 0.6) is 0 Å². The Morgan fingerprint density at radius 3 is 2.44 bits per heavy atom. The van der Waals surface area contributed by atoms with E-state index in [1.54, 1.807) is 6.07 Å². The zero-order chi connectivity index (χ0) is 25.3. The summed E-state index contributed by atoms with van der Waals surface area (Å²) >= 11 is 0. The molecule has 0 radical (unpaired) electrons. The van der Waals surface area contributed by atoms with E-state index in [4.69, 9.17) is 20.3 Å². The number of nitrogen functional groups attached to an aromatic ring is 1. The molecule has 1 aliphatic carbocycles. The van der Waals surface area contributed by atoms with Gasteiger partial charge in [0.1, 0.15) is 41.8 Å². The number of phosphoric ester groups is 1. The van der Waals surface area contributed by atoms with Crippen LogP contribution in [0, 0.1) is 11.3 Å². The van der Waals surface area contributed by atoms with Gasteiger partial charge in [-0.1, -0.05) is 0 Å². The maximum atomic E-state index is 12.1. The van der Waals surface area contributed by atoms with Crippen LogP contribution >= 0.6 is 23.5 Å². The van der Waals surface area contributed by atoms with E-state index >= 15 is 0 Å². The van der Waals surface area contributed by atoms with E-state index in [0.29, 0.717) is 0 Å². The molecule has 1 spiro atoms. The smallest absolute Gasteiger partial charge is 0.387 e. The number of fused-ring (bicyclic) bond motifs is 1. The molecule has 34 heavy (non-hydrogen) atoms. The van der Waals surface area contributed by atoms with E-state index < -0.39 is 59.4 Å². The molecule has 1 saturated heterocycles. The second kappa shape index (κ2) is 7.85. The molecule has 2 aliphatic rings. The number of anilines is 1. The van der Waals surface area contributed by atoms with Crippen molar-refractivity contribution >= 4 is 34.8 Å². The Labute approximate surface area is 188 Å². The van der Waals surface area contributed by atoms with Crippen molar-refractivity contribution < 1.29 is 61.4 Å². The highest BCUT2D eigenvalue weighted by atomic mass is 31.3. The summed E-state index contributed by atoms with van der Waals surface area (Å²) in [6.07, 6.45) is -4.68. The summed E-state index contributed by atoms with van der Waals surface area (Å²) in [6.45, 7) is 0. The number of nitriles is 1. The van der Waals surface area contributed by atoms with Gasteiger partial charge >= 0.3 is 23.5 Å². The minimum Gasteiger partial charge on any atom is -0.387 e. The first-order valence-corrected chi connectivity index (χ1v) is 13.5. The molecule has 0 bridgehead atoms. The molecule has 8 N–H and O–H groups in total. The van der Waals surface area contributed by atoms with E-state index in [1.807, 2.05) is 0 Å². The quantitative estimate of drug-likeness (QED) is 0.198. The number of nitrogens with two attached hydrogens (primary N) is 1. The van der Waals surface area contributed by atoms with Crippen molar-refractivity contribution in [2.45, 2.75) is 35.9 Å². The molecule has 3 heterocycles. The van der Waals surface area contributed by atoms with Gasteiger partial charge < -0.3 is 40.3 Å².